The number of pyridine rings is 1. The third kappa shape index (κ3) is 3.54. The fourth-order valence-corrected chi connectivity index (χ4v) is 4.04. The van der Waals surface area contributed by atoms with Crippen molar-refractivity contribution in [3.05, 3.63) is 53.9 Å². The summed E-state index contributed by atoms with van der Waals surface area (Å²) in [6.07, 6.45) is 9.05. The predicted octanol–water partition coefficient (Wildman–Crippen LogP) is 1.81. The summed E-state index contributed by atoms with van der Waals surface area (Å²) in [4.78, 5) is 42.1. The number of amides is 2. The molecule has 0 unspecified atom stereocenters. The summed E-state index contributed by atoms with van der Waals surface area (Å²) in [5.41, 5.74) is 1.96. The molecular formula is C20H23N5O2. The molecule has 0 spiro atoms. The summed E-state index contributed by atoms with van der Waals surface area (Å²) in [5.74, 6) is 0.225. The van der Waals surface area contributed by atoms with Crippen molar-refractivity contribution in [2.45, 2.75) is 32.2 Å². The number of carbonyl (C=O) groups excluding carboxylic acids is 2. The third-order valence-electron chi connectivity index (χ3n) is 5.47. The average molecular weight is 365 g/mol. The SMILES string of the molecule is CCc1cc(C(=O)N2C[C@H]3CC[C@@H]2CN(C(=O)c2cnccn2)C3)ccn1. The van der Waals surface area contributed by atoms with Gasteiger partial charge in [-0.05, 0) is 37.3 Å². The van der Waals surface area contributed by atoms with E-state index in [1.165, 1.54) is 12.4 Å². The highest BCUT2D eigenvalue weighted by atomic mass is 16.2. The molecule has 2 amide bonds. The Labute approximate surface area is 158 Å². The number of hydrogen-bond acceptors (Lipinski definition) is 5. The molecule has 3 aliphatic heterocycles. The predicted molar refractivity (Wildman–Crippen MR) is 99.1 cm³/mol. The number of nitrogens with zero attached hydrogens (tertiary/aromatic N) is 5. The zero-order valence-electron chi connectivity index (χ0n) is 15.4. The molecule has 0 radical (unpaired) electrons. The number of aromatic nitrogens is 3. The molecule has 3 saturated heterocycles. The van der Waals surface area contributed by atoms with Crippen LogP contribution in [-0.4, -0.2) is 62.2 Å². The summed E-state index contributed by atoms with van der Waals surface area (Å²) in [5, 5.41) is 0. The lowest BCUT2D eigenvalue weighted by Gasteiger charge is -2.36. The molecule has 0 aliphatic carbocycles. The monoisotopic (exact) mass is 365 g/mol. The van der Waals surface area contributed by atoms with E-state index in [4.69, 9.17) is 0 Å². The first-order chi connectivity index (χ1) is 13.2. The van der Waals surface area contributed by atoms with Gasteiger partial charge in [-0.3, -0.25) is 19.6 Å². The molecule has 7 heteroatoms. The van der Waals surface area contributed by atoms with Crippen LogP contribution in [0.5, 0.6) is 0 Å². The first-order valence-corrected chi connectivity index (χ1v) is 9.47. The molecule has 0 aromatic carbocycles. The Morgan fingerprint density at radius 3 is 2.74 bits per heavy atom. The standard InChI is InChI=1S/C20H23N5O2/c1-2-16-9-15(5-6-22-16)19(26)25-12-14-3-4-17(25)13-24(11-14)20(27)18-10-21-7-8-23-18/h5-10,14,17H,2-4,11-13H2,1H3/t14-,17+/m0/s1. The Morgan fingerprint density at radius 1 is 1.07 bits per heavy atom. The van der Waals surface area contributed by atoms with Crippen LogP contribution in [0.1, 0.15) is 46.3 Å². The van der Waals surface area contributed by atoms with Gasteiger partial charge in [-0.1, -0.05) is 6.92 Å². The lowest BCUT2D eigenvalue weighted by molar-refractivity contribution is 0.0573. The zero-order valence-corrected chi connectivity index (χ0v) is 15.4. The molecule has 140 valence electrons. The van der Waals surface area contributed by atoms with Crippen molar-refractivity contribution in [1.82, 2.24) is 24.8 Å². The van der Waals surface area contributed by atoms with Crippen molar-refractivity contribution >= 4 is 11.8 Å². The summed E-state index contributed by atoms with van der Waals surface area (Å²) in [7, 11) is 0. The van der Waals surface area contributed by atoms with Gasteiger partial charge in [-0.15, -0.1) is 0 Å². The van der Waals surface area contributed by atoms with E-state index in [9.17, 15) is 9.59 Å². The third-order valence-corrected chi connectivity index (χ3v) is 5.47. The molecule has 3 aliphatic rings. The van der Waals surface area contributed by atoms with Crippen molar-refractivity contribution in [2.24, 2.45) is 5.92 Å². The van der Waals surface area contributed by atoms with Crippen LogP contribution in [-0.2, 0) is 6.42 Å². The van der Waals surface area contributed by atoms with Crippen LogP contribution < -0.4 is 0 Å². The van der Waals surface area contributed by atoms with Crippen molar-refractivity contribution in [3.8, 4) is 0 Å². The fourth-order valence-electron chi connectivity index (χ4n) is 4.04. The van der Waals surface area contributed by atoms with Crippen LogP contribution >= 0.6 is 0 Å². The van der Waals surface area contributed by atoms with Gasteiger partial charge >= 0.3 is 0 Å². The average Bonchev–Trinajstić information content (AvgIpc) is 3.05. The van der Waals surface area contributed by atoms with Crippen molar-refractivity contribution in [1.29, 1.82) is 0 Å². The van der Waals surface area contributed by atoms with Gasteiger partial charge in [0.05, 0.1) is 6.20 Å². The topological polar surface area (TPSA) is 79.3 Å². The lowest BCUT2D eigenvalue weighted by Crippen LogP contribution is -2.47. The molecule has 3 fully saturated rings. The van der Waals surface area contributed by atoms with Crippen LogP contribution in [0.3, 0.4) is 0 Å². The van der Waals surface area contributed by atoms with Gasteiger partial charge in [0.2, 0.25) is 0 Å². The molecule has 27 heavy (non-hydrogen) atoms. The molecule has 5 heterocycles. The van der Waals surface area contributed by atoms with Crippen LogP contribution in [0, 0.1) is 5.92 Å². The number of hydrogen-bond donors (Lipinski definition) is 0. The second-order valence-electron chi connectivity index (χ2n) is 7.24. The molecule has 2 atom stereocenters. The summed E-state index contributed by atoms with van der Waals surface area (Å²) < 4.78 is 0. The maximum atomic E-state index is 13.1. The molecule has 2 aromatic rings. The van der Waals surface area contributed by atoms with Crippen LogP contribution in [0.4, 0.5) is 0 Å². The van der Waals surface area contributed by atoms with Crippen LogP contribution in [0.15, 0.2) is 36.9 Å². The molecule has 2 aromatic heterocycles. The van der Waals surface area contributed by atoms with Gasteiger partial charge in [0.25, 0.3) is 11.8 Å². The number of rotatable bonds is 3. The molecule has 0 N–H and O–H groups in total. The minimum Gasteiger partial charge on any atom is -0.335 e. The quantitative estimate of drug-likeness (QED) is 0.829. The normalized spacial score (nSPS) is 21.8. The molecule has 0 saturated carbocycles. The number of fused-ring (bicyclic) bond motifs is 4. The van der Waals surface area contributed by atoms with E-state index in [0.717, 1.165) is 25.0 Å². The van der Waals surface area contributed by atoms with Gasteiger partial charge in [0.1, 0.15) is 5.69 Å². The minimum absolute atomic E-state index is 0.0371. The Hall–Kier alpha value is -2.83. The van der Waals surface area contributed by atoms with Crippen LogP contribution in [0.25, 0.3) is 0 Å². The highest BCUT2D eigenvalue weighted by Gasteiger charge is 2.39. The Morgan fingerprint density at radius 2 is 1.96 bits per heavy atom. The summed E-state index contributed by atoms with van der Waals surface area (Å²) in [6, 6.07) is 3.70. The lowest BCUT2D eigenvalue weighted by atomic mass is 9.94. The first kappa shape index (κ1) is 17.6. The Kier molecular flexibility index (Phi) is 4.83. The maximum Gasteiger partial charge on any atom is 0.274 e. The second kappa shape index (κ2) is 7.42. The van der Waals surface area contributed by atoms with E-state index in [1.54, 1.807) is 18.5 Å². The highest BCUT2D eigenvalue weighted by Crippen LogP contribution is 2.29. The van der Waals surface area contributed by atoms with Gasteiger partial charge in [-0.25, -0.2) is 4.98 Å². The van der Waals surface area contributed by atoms with E-state index in [-0.39, 0.29) is 17.9 Å². The van der Waals surface area contributed by atoms with Crippen molar-refractivity contribution in [2.75, 3.05) is 19.6 Å². The first-order valence-electron chi connectivity index (χ1n) is 9.47. The fraction of sp³-hybridized carbons (Fsp3) is 0.450. The van der Waals surface area contributed by atoms with E-state index < -0.39 is 0 Å². The zero-order chi connectivity index (χ0) is 18.8. The highest BCUT2D eigenvalue weighted by molar-refractivity contribution is 5.95. The molecule has 2 bridgehead atoms. The largest absolute Gasteiger partial charge is 0.335 e. The van der Waals surface area contributed by atoms with Crippen molar-refractivity contribution < 1.29 is 9.59 Å². The van der Waals surface area contributed by atoms with E-state index in [2.05, 4.69) is 15.0 Å². The number of piperidine rings is 1. The van der Waals surface area contributed by atoms with E-state index >= 15 is 0 Å². The summed E-state index contributed by atoms with van der Waals surface area (Å²) in [6.45, 7) is 3.92. The van der Waals surface area contributed by atoms with Gasteiger partial charge in [0, 0.05) is 55.5 Å². The van der Waals surface area contributed by atoms with Crippen molar-refractivity contribution in [3.63, 3.8) is 0 Å². The number of carbonyl (C=O) groups is 2. The second-order valence-corrected chi connectivity index (χ2v) is 7.24. The maximum absolute atomic E-state index is 13.1. The molecule has 7 nitrogen and oxygen atoms in total. The van der Waals surface area contributed by atoms with Crippen LogP contribution in [0.2, 0.25) is 0 Å². The molecule has 5 rings (SSSR count). The Balaban J connectivity index is 1.54. The van der Waals surface area contributed by atoms with Gasteiger partial charge < -0.3 is 9.80 Å². The Bertz CT molecular complexity index is 841. The van der Waals surface area contributed by atoms with Gasteiger partial charge in [0.15, 0.2) is 0 Å². The smallest absolute Gasteiger partial charge is 0.274 e. The van der Waals surface area contributed by atoms with Gasteiger partial charge in [-0.2, -0.15) is 0 Å². The summed E-state index contributed by atoms with van der Waals surface area (Å²) >= 11 is 0. The van der Waals surface area contributed by atoms with E-state index in [1.807, 2.05) is 22.8 Å². The van der Waals surface area contributed by atoms with E-state index in [0.29, 0.717) is 36.8 Å². The number of aryl methyl sites for hydroxylation is 1. The molecular weight excluding hydrogens is 342 g/mol. The minimum atomic E-state index is -0.105.